The second-order valence-corrected chi connectivity index (χ2v) is 31.1. The Morgan fingerprint density at radius 1 is 0.477 bits per heavy atom. The van der Waals surface area contributed by atoms with E-state index in [0.717, 1.165) is 27.8 Å². The molecule has 0 spiro atoms. The largest absolute Gasteiger partial charge is 0.458 e. The lowest BCUT2D eigenvalue weighted by Crippen LogP contribution is -2.69. The van der Waals surface area contributed by atoms with Crippen molar-refractivity contribution in [3.8, 4) is 0 Å². The van der Waals surface area contributed by atoms with E-state index in [1.807, 2.05) is 152 Å². The standard InChI is InChI=1S/C70H96N2O15Si/c1-47(2)88(48(3)4,49(5)6)82-46-58-60(77-40-52-31-21-15-22-32-52)62(59(71-50(7)73)66(83-58)81-44-56(65(74)86-69(8,9)10)72-68(75)87-70(11,12)13)85-67-64(80-43-55-37-27-18-28-38-55)63(79-42-54-35-25-17-26-36-54)61(78-41-53-33-23-16-24-34-53)57(84-67)45-76-39-51-29-19-14-20-30-51/h14-38,47-49,56-64,66-67H,39-46H2,1-13H3,(H,71,73)(H,72,75)/t56-,57+,58+,59+,60-,61-,62+,63-,64+,66-,67+/m0/s1. The lowest BCUT2D eigenvalue weighted by Gasteiger charge is -2.51. The van der Waals surface area contributed by atoms with Crippen LogP contribution in [0.25, 0.3) is 0 Å². The van der Waals surface area contributed by atoms with Gasteiger partial charge in [0.25, 0.3) is 0 Å². The maximum atomic E-state index is 14.2. The highest BCUT2D eigenvalue weighted by molar-refractivity contribution is 6.77. The molecular weight excluding hydrogens is 1140 g/mol. The van der Waals surface area contributed by atoms with Crippen LogP contribution in [-0.2, 0) is 99.2 Å². The maximum absolute atomic E-state index is 14.2. The second kappa shape index (κ2) is 33.3. The van der Waals surface area contributed by atoms with E-state index in [9.17, 15) is 14.4 Å². The highest BCUT2D eigenvalue weighted by atomic mass is 28.4. The molecule has 5 aromatic rings. The summed E-state index contributed by atoms with van der Waals surface area (Å²) in [4.78, 5) is 41.7. The van der Waals surface area contributed by atoms with Gasteiger partial charge < -0.3 is 67.2 Å². The van der Waals surface area contributed by atoms with Crippen LogP contribution in [0.3, 0.4) is 0 Å². The minimum atomic E-state index is -2.66. The molecule has 0 unspecified atom stereocenters. The Bertz CT molecular complexity index is 2820. The molecule has 0 saturated carbocycles. The van der Waals surface area contributed by atoms with Crippen molar-refractivity contribution in [2.75, 3.05) is 19.8 Å². The molecule has 2 heterocycles. The zero-order chi connectivity index (χ0) is 63.4. The smallest absolute Gasteiger partial charge is 0.408 e. The molecule has 17 nitrogen and oxygen atoms in total. The predicted molar refractivity (Wildman–Crippen MR) is 338 cm³/mol. The molecule has 0 aromatic heterocycles. The second-order valence-electron chi connectivity index (χ2n) is 25.7. The van der Waals surface area contributed by atoms with Crippen molar-refractivity contribution >= 4 is 26.3 Å². The van der Waals surface area contributed by atoms with E-state index in [1.54, 1.807) is 41.5 Å². The van der Waals surface area contributed by atoms with E-state index in [0.29, 0.717) is 0 Å². The summed E-state index contributed by atoms with van der Waals surface area (Å²) in [6.07, 6.45) is -10.4. The van der Waals surface area contributed by atoms with Crippen molar-refractivity contribution in [2.24, 2.45) is 0 Å². The molecule has 5 aromatic carbocycles. The van der Waals surface area contributed by atoms with Gasteiger partial charge in [-0.15, -0.1) is 0 Å². The molecule has 0 radical (unpaired) electrons. The number of nitrogens with one attached hydrogen (secondary N) is 2. The summed E-state index contributed by atoms with van der Waals surface area (Å²) in [6, 6.07) is 46.5. The molecule has 88 heavy (non-hydrogen) atoms. The molecule has 2 aliphatic heterocycles. The topological polar surface area (TPSA) is 186 Å². The third kappa shape index (κ3) is 20.8. The number of carbonyl (C=O) groups excluding carboxylic acids is 3. The fourth-order valence-electron chi connectivity index (χ4n) is 11.6. The summed E-state index contributed by atoms with van der Waals surface area (Å²) in [6.45, 7) is 25.4. The van der Waals surface area contributed by atoms with Gasteiger partial charge in [0.05, 0.1) is 52.9 Å². The minimum absolute atomic E-state index is 0.0198. The van der Waals surface area contributed by atoms with Gasteiger partial charge in [-0.25, -0.2) is 9.59 Å². The van der Waals surface area contributed by atoms with E-state index < -0.39 is 111 Å². The molecule has 11 atom stereocenters. The van der Waals surface area contributed by atoms with Crippen LogP contribution in [0.2, 0.25) is 16.6 Å². The maximum Gasteiger partial charge on any atom is 0.408 e. The monoisotopic (exact) mass is 1230 g/mol. The molecule has 2 fully saturated rings. The van der Waals surface area contributed by atoms with Crippen LogP contribution in [0, 0.1) is 0 Å². The quantitative estimate of drug-likeness (QED) is 0.0326. The molecule has 480 valence electrons. The first-order chi connectivity index (χ1) is 42.0. The van der Waals surface area contributed by atoms with Crippen LogP contribution in [0.1, 0.15) is 118 Å². The predicted octanol–water partition coefficient (Wildman–Crippen LogP) is 12.3. The van der Waals surface area contributed by atoms with Crippen LogP contribution >= 0.6 is 0 Å². The Hall–Kier alpha value is -5.87. The van der Waals surface area contributed by atoms with Gasteiger partial charge >= 0.3 is 12.1 Å². The van der Waals surface area contributed by atoms with Crippen LogP contribution in [0.4, 0.5) is 4.79 Å². The summed E-state index contributed by atoms with van der Waals surface area (Å²) in [5, 5.41) is 5.80. The van der Waals surface area contributed by atoms with Crippen molar-refractivity contribution in [3.63, 3.8) is 0 Å². The first-order valence-electron chi connectivity index (χ1n) is 30.9. The zero-order valence-electron chi connectivity index (χ0n) is 53.8. The van der Waals surface area contributed by atoms with Crippen LogP contribution in [0.5, 0.6) is 0 Å². The van der Waals surface area contributed by atoms with Crippen LogP contribution in [0.15, 0.2) is 152 Å². The van der Waals surface area contributed by atoms with Gasteiger partial charge in [0.2, 0.25) is 5.91 Å². The molecule has 18 heteroatoms. The van der Waals surface area contributed by atoms with Crippen molar-refractivity contribution < 1.29 is 70.9 Å². The summed E-state index contributed by atoms with van der Waals surface area (Å²) < 4.78 is 82.9. The normalized spacial score (nSPS) is 23.0. The lowest BCUT2D eigenvalue weighted by molar-refractivity contribution is -0.362. The number of ether oxygens (including phenoxy) is 11. The van der Waals surface area contributed by atoms with Crippen LogP contribution in [-0.4, -0.2) is 125 Å². The fourth-order valence-corrected chi connectivity index (χ4v) is 17.1. The number of alkyl carbamates (subject to hydrolysis) is 1. The number of benzene rings is 5. The van der Waals surface area contributed by atoms with Crippen molar-refractivity contribution in [2.45, 2.75) is 218 Å². The third-order valence-corrected chi connectivity index (χ3v) is 21.5. The first-order valence-corrected chi connectivity index (χ1v) is 33.1. The highest BCUT2D eigenvalue weighted by Gasteiger charge is 2.56. The van der Waals surface area contributed by atoms with Crippen molar-refractivity contribution in [1.29, 1.82) is 0 Å². The first kappa shape index (κ1) is 69.6. The lowest BCUT2D eigenvalue weighted by atomic mass is 9.94. The average Bonchev–Trinajstić information content (AvgIpc) is 1.12. The number of rotatable bonds is 30. The summed E-state index contributed by atoms with van der Waals surface area (Å²) in [7, 11) is -2.66. The molecule has 2 N–H and O–H groups in total. The van der Waals surface area contributed by atoms with E-state index >= 15 is 0 Å². The number of amides is 2. The fraction of sp³-hybridized carbons (Fsp3) is 0.529. The summed E-state index contributed by atoms with van der Waals surface area (Å²) >= 11 is 0. The molecule has 2 amide bonds. The Balaban J connectivity index is 1.40. The molecular formula is C70H96N2O15Si. The average molecular weight is 1230 g/mol. The van der Waals surface area contributed by atoms with Crippen molar-refractivity contribution in [1.82, 2.24) is 10.6 Å². The van der Waals surface area contributed by atoms with Gasteiger partial charge in [0, 0.05) is 6.92 Å². The Labute approximate surface area is 523 Å². The van der Waals surface area contributed by atoms with E-state index in [2.05, 4.69) is 52.2 Å². The SMILES string of the molecule is CC(=O)N[C@H]1[C@@H](OC[C@H](NC(=O)OC(C)(C)C)C(=O)OC(C)(C)C)O[C@H](CO[Si](C(C)C)(C(C)C)C(C)C)[C@H](OCc2ccccc2)[C@@H]1O[C@H]1O[C@H](COCc2ccccc2)[C@H](OCc2ccccc2)[C@H](OCc2ccccc2)[C@H]1OCc1ccccc1. The molecule has 7 rings (SSSR count). The van der Waals surface area contributed by atoms with Gasteiger partial charge in [-0.05, 0) is 86.0 Å². The number of esters is 1. The summed E-state index contributed by atoms with van der Waals surface area (Å²) in [5.74, 6) is -1.25. The molecule has 2 saturated heterocycles. The zero-order valence-corrected chi connectivity index (χ0v) is 54.8. The Morgan fingerprint density at radius 2 is 0.864 bits per heavy atom. The highest BCUT2D eigenvalue weighted by Crippen LogP contribution is 2.44. The Morgan fingerprint density at radius 3 is 1.28 bits per heavy atom. The summed E-state index contributed by atoms with van der Waals surface area (Å²) in [5.41, 5.74) is 3.24. The van der Waals surface area contributed by atoms with Gasteiger partial charge in [-0.3, -0.25) is 4.79 Å². The van der Waals surface area contributed by atoms with Gasteiger partial charge in [0.15, 0.2) is 26.9 Å². The number of carbonyl (C=O) groups is 3. The van der Waals surface area contributed by atoms with Gasteiger partial charge in [-0.2, -0.15) is 0 Å². The molecule has 0 bridgehead atoms. The van der Waals surface area contributed by atoms with Crippen LogP contribution < -0.4 is 10.6 Å². The van der Waals surface area contributed by atoms with Gasteiger partial charge in [-0.1, -0.05) is 193 Å². The molecule has 0 aliphatic carbocycles. The number of hydrogen-bond donors (Lipinski definition) is 2. The third-order valence-electron chi connectivity index (χ3n) is 15.4. The Kier molecular flexibility index (Phi) is 26.3. The molecule has 2 aliphatic rings. The number of hydrogen-bond acceptors (Lipinski definition) is 15. The van der Waals surface area contributed by atoms with E-state index in [4.69, 9.17) is 56.5 Å². The van der Waals surface area contributed by atoms with Crippen molar-refractivity contribution in [3.05, 3.63) is 179 Å². The van der Waals surface area contributed by atoms with E-state index in [-0.39, 0.29) is 62.9 Å². The minimum Gasteiger partial charge on any atom is -0.458 e. The van der Waals surface area contributed by atoms with Gasteiger partial charge in [0.1, 0.15) is 60.0 Å². The van der Waals surface area contributed by atoms with E-state index in [1.165, 1.54) is 6.92 Å².